The van der Waals surface area contributed by atoms with Gasteiger partial charge in [-0.25, -0.2) is 4.68 Å². The Balaban J connectivity index is 2.30. The van der Waals surface area contributed by atoms with E-state index in [4.69, 9.17) is 16.0 Å². The summed E-state index contributed by atoms with van der Waals surface area (Å²) in [6.07, 6.45) is 3.04. The van der Waals surface area contributed by atoms with Gasteiger partial charge in [0.1, 0.15) is 6.10 Å². The number of rotatable bonds is 4. The van der Waals surface area contributed by atoms with E-state index in [2.05, 4.69) is 10.3 Å². The second kappa shape index (κ2) is 4.67. The van der Waals surface area contributed by atoms with E-state index in [1.54, 1.807) is 10.7 Å². The zero-order valence-corrected chi connectivity index (χ0v) is 9.55. The zero-order chi connectivity index (χ0) is 11.5. The van der Waals surface area contributed by atoms with E-state index >= 15 is 0 Å². The van der Waals surface area contributed by atoms with Crippen molar-refractivity contribution in [1.82, 2.24) is 15.0 Å². The molecule has 0 saturated carbocycles. The van der Waals surface area contributed by atoms with Crippen LogP contribution >= 0.6 is 11.6 Å². The van der Waals surface area contributed by atoms with Gasteiger partial charge in [0.2, 0.25) is 0 Å². The highest BCUT2D eigenvalue weighted by Gasteiger charge is 2.20. The second-order valence-electron chi connectivity index (χ2n) is 3.43. The van der Waals surface area contributed by atoms with Gasteiger partial charge in [-0.1, -0.05) is 12.1 Å². The largest absolute Gasteiger partial charge is 0.453 e. The van der Waals surface area contributed by atoms with Crippen LogP contribution < -0.4 is 0 Å². The number of aromatic nitrogens is 3. The van der Waals surface area contributed by atoms with Crippen LogP contribution in [0, 0.1) is 0 Å². The van der Waals surface area contributed by atoms with E-state index in [1.807, 2.05) is 6.92 Å². The molecule has 0 aliphatic rings. The van der Waals surface area contributed by atoms with Crippen LogP contribution in [0.4, 0.5) is 0 Å². The van der Waals surface area contributed by atoms with Crippen molar-refractivity contribution in [2.75, 3.05) is 0 Å². The molecule has 5 nitrogen and oxygen atoms in total. The maximum atomic E-state index is 10.1. The Labute approximate surface area is 97.6 Å². The molecule has 0 radical (unpaired) electrons. The van der Waals surface area contributed by atoms with E-state index in [-0.39, 0.29) is 5.22 Å². The van der Waals surface area contributed by atoms with Crippen molar-refractivity contribution < 1.29 is 9.52 Å². The Morgan fingerprint density at radius 1 is 1.62 bits per heavy atom. The van der Waals surface area contributed by atoms with Gasteiger partial charge < -0.3 is 9.52 Å². The van der Waals surface area contributed by atoms with Crippen molar-refractivity contribution in [2.45, 2.75) is 26.0 Å². The Kier molecular flexibility index (Phi) is 3.26. The standard InChI is InChI=1S/C10H12ClN3O2/c1-2-4-14-8(6-12-13-14)9(15)7-3-5-16-10(7)11/h3,5-6,9,15H,2,4H2,1H3. The van der Waals surface area contributed by atoms with Gasteiger partial charge in [-0.3, -0.25) is 0 Å². The molecule has 0 bridgehead atoms. The van der Waals surface area contributed by atoms with Crippen LogP contribution in [-0.2, 0) is 6.54 Å². The van der Waals surface area contributed by atoms with E-state index in [1.165, 1.54) is 12.5 Å². The molecule has 0 fully saturated rings. The van der Waals surface area contributed by atoms with Gasteiger partial charge in [-0.05, 0) is 24.1 Å². The lowest BCUT2D eigenvalue weighted by molar-refractivity contribution is 0.206. The number of aliphatic hydroxyl groups is 1. The van der Waals surface area contributed by atoms with E-state index in [0.717, 1.165) is 6.42 Å². The van der Waals surface area contributed by atoms with Crippen LogP contribution in [0.1, 0.15) is 30.7 Å². The topological polar surface area (TPSA) is 64.1 Å². The predicted molar refractivity (Wildman–Crippen MR) is 58.1 cm³/mol. The molecular formula is C10H12ClN3O2. The molecule has 2 heterocycles. The van der Waals surface area contributed by atoms with Crippen molar-refractivity contribution in [3.63, 3.8) is 0 Å². The summed E-state index contributed by atoms with van der Waals surface area (Å²) in [7, 11) is 0. The summed E-state index contributed by atoms with van der Waals surface area (Å²) in [5.74, 6) is 0. The molecule has 16 heavy (non-hydrogen) atoms. The molecule has 0 aliphatic heterocycles. The van der Waals surface area contributed by atoms with Crippen molar-refractivity contribution in [3.05, 3.63) is 35.0 Å². The number of aliphatic hydroxyl groups excluding tert-OH is 1. The lowest BCUT2D eigenvalue weighted by Gasteiger charge is -2.10. The Morgan fingerprint density at radius 3 is 3.06 bits per heavy atom. The smallest absolute Gasteiger partial charge is 0.199 e. The summed E-state index contributed by atoms with van der Waals surface area (Å²) in [6, 6.07) is 1.64. The third-order valence-electron chi connectivity index (χ3n) is 2.30. The molecule has 86 valence electrons. The molecule has 1 N–H and O–H groups in total. The fourth-order valence-corrected chi connectivity index (χ4v) is 1.74. The molecule has 1 unspecified atom stereocenters. The fraction of sp³-hybridized carbons (Fsp3) is 0.400. The summed E-state index contributed by atoms with van der Waals surface area (Å²) in [5.41, 5.74) is 1.14. The molecule has 1 atom stereocenters. The highest BCUT2D eigenvalue weighted by molar-refractivity contribution is 6.29. The molecule has 0 spiro atoms. The zero-order valence-electron chi connectivity index (χ0n) is 8.80. The van der Waals surface area contributed by atoms with Crippen molar-refractivity contribution in [3.8, 4) is 0 Å². The molecule has 0 aliphatic carbocycles. The summed E-state index contributed by atoms with van der Waals surface area (Å²) < 4.78 is 6.60. The van der Waals surface area contributed by atoms with Crippen LogP contribution in [0.25, 0.3) is 0 Å². The molecule has 0 saturated heterocycles. The summed E-state index contributed by atoms with van der Waals surface area (Å²) in [5, 5.41) is 18.0. The Hall–Kier alpha value is -1.33. The minimum absolute atomic E-state index is 0.191. The first-order valence-electron chi connectivity index (χ1n) is 5.03. The fourth-order valence-electron chi connectivity index (χ4n) is 1.52. The SMILES string of the molecule is CCCn1nncc1C(O)c1ccoc1Cl. The van der Waals surface area contributed by atoms with Gasteiger partial charge in [0.25, 0.3) is 0 Å². The van der Waals surface area contributed by atoms with E-state index < -0.39 is 6.10 Å². The third-order valence-corrected chi connectivity index (χ3v) is 2.61. The first-order valence-corrected chi connectivity index (χ1v) is 5.41. The quantitative estimate of drug-likeness (QED) is 0.890. The Morgan fingerprint density at radius 2 is 2.44 bits per heavy atom. The van der Waals surface area contributed by atoms with Gasteiger partial charge in [-0.2, -0.15) is 0 Å². The van der Waals surface area contributed by atoms with Gasteiger partial charge in [0, 0.05) is 12.1 Å². The average Bonchev–Trinajstić information content (AvgIpc) is 2.87. The predicted octanol–water partition coefficient (Wildman–Crippen LogP) is 2.02. The first kappa shape index (κ1) is 11.2. The van der Waals surface area contributed by atoms with Crippen LogP contribution in [0.3, 0.4) is 0 Å². The third kappa shape index (κ3) is 1.96. The number of aryl methyl sites for hydroxylation is 1. The number of furan rings is 1. The molecule has 2 aromatic rings. The van der Waals surface area contributed by atoms with Crippen molar-refractivity contribution >= 4 is 11.6 Å². The molecule has 0 aromatic carbocycles. The van der Waals surface area contributed by atoms with Crippen LogP contribution in [0.2, 0.25) is 5.22 Å². The van der Waals surface area contributed by atoms with Crippen molar-refractivity contribution in [1.29, 1.82) is 0 Å². The van der Waals surface area contributed by atoms with Crippen LogP contribution in [0.15, 0.2) is 22.9 Å². The number of nitrogens with zero attached hydrogens (tertiary/aromatic N) is 3. The minimum atomic E-state index is -0.854. The molecule has 0 amide bonds. The van der Waals surface area contributed by atoms with Crippen LogP contribution in [0.5, 0.6) is 0 Å². The molecule has 2 aromatic heterocycles. The monoisotopic (exact) mass is 241 g/mol. The van der Waals surface area contributed by atoms with E-state index in [0.29, 0.717) is 17.8 Å². The van der Waals surface area contributed by atoms with Crippen LogP contribution in [-0.4, -0.2) is 20.1 Å². The Bertz CT molecular complexity index is 466. The summed E-state index contributed by atoms with van der Waals surface area (Å²) in [4.78, 5) is 0. The number of hydrogen-bond acceptors (Lipinski definition) is 4. The number of hydrogen-bond donors (Lipinski definition) is 1. The lowest BCUT2D eigenvalue weighted by atomic mass is 10.1. The number of halogens is 1. The first-order chi connectivity index (χ1) is 7.74. The maximum Gasteiger partial charge on any atom is 0.199 e. The highest BCUT2D eigenvalue weighted by Crippen LogP contribution is 2.28. The van der Waals surface area contributed by atoms with Gasteiger partial charge in [0.05, 0.1) is 18.2 Å². The normalized spacial score (nSPS) is 12.9. The molecular weight excluding hydrogens is 230 g/mol. The van der Waals surface area contributed by atoms with Gasteiger partial charge >= 0.3 is 0 Å². The summed E-state index contributed by atoms with van der Waals surface area (Å²) >= 11 is 5.80. The van der Waals surface area contributed by atoms with E-state index in [9.17, 15) is 5.11 Å². The van der Waals surface area contributed by atoms with Crippen molar-refractivity contribution in [2.24, 2.45) is 0 Å². The molecule has 6 heteroatoms. The van der Waals surface area contributed by atoms with Gasteiger partial charge in [0.15, 0.2) is 5.22 Å². The maximum absolute atomic E-state index is 10.1. The van der Waals surface area contributed by atoms with Gasteiger partial charge in [-0.15, -0.1) is 5.10 Å². The molecule has 2 rings (SSSR count). The average molecular weight is 242 g/mol. The minimum Gasteiger partial charge on any atom is -0.453 e. The highest BCUT2D eigenvalue weighted by atomic mass is 35.5. The second-order valence-corrected chi connectivity index (χ2v) is 3.78. The lowest BCUT2D eigenvalue weighted by Crippen LogP contribution is -2.09. The summed E-state index contributed by atoms with van der Waals surface area (Å²) in [6.45, 7) is 2.74.